The van der Waals surface area contributed by atoms with E-state index in [2.05, 4.69) is 20.4 Å². The zero-order valence-corrected chi connectivity index (χ0v) is 7.93. The molecule has 0 aromatic carbocycles. The Kier molecular flexibility index (Phi) is 6.38. The Balaban J connectivity index is 3.40. The van der Waals surface area contributed by atoms with Crippen LogP contribution in [0.15, 0.2) is 12.7 Å². The minimum Gasteiger partial charge on any atom is -0.457 e. The fourth-order valence-corrected chi connectivity index (χ4v) is 0.958. The molecule has 0 bridgehead atoms. The van der Waals surface area contributed by atoms with Crippen LogP contribution in [0.25, 0.3) is 0 Å². The van der Waals surface area contributed by atoms with Crippen molar-refractivity contribution < 1.29 is 14.4 Å². The smallest absolute Gasteiger partial charge is 0.330 e. The molecule has 70 valence electrons. The van der Waals surface area contributed by atoms with Gasteiger partial charge in [-0.05, 0) is 13.8 Å². The van der Waals surface area contributed by atoms with Crippen molar-refractivity contribution in [2.24, 2.45) is 0 Å². The fraction of sp³-hybridized carbons (Fsp3) is 0.667. The van der Waals surface area contributed by atoms with E-state index in [1.807, 2.05) is 0 Å². The van der Waals surface area contributed by atoms with E-state index in [-0.39, 0.29) is 5.97 Å². The second-order valence-corrected chi connectivity index (χ2v) is 2.58. The second kappa shape index (κ2) is 6.85. The molecule has 0 saturated heterocycles. The second-order valence-electron chi connectivity index (χ2n) is 2.58. The lowest BCUT2D eigenvalue weighted by atomic mass is 10.5. The molecule has 1 N–H and O–H groups in total. The van der Waals surface area contributed by atoms with Gasteiger partial charge in [-0.15, -0.1) is 0 Å². The summed E-state index contributed by atoms with van der Waals surface area (Å²) in [6, 6.07) is 0. The maximum absolute atomic E-state index is 10.6. The van der Waals surface area contributed by atoms with E-state index in [4.69, 9.17) is 4.74 Å². The lowest BCUT2D eigenvalue weighted by Crippen LogP contribution is -3.11. The maximum Gasteiger partial charge on any atom is 0.330 e. The van der Waals surface area contributed by atoms with E-state index in [0.29, 0.717) is 6.61 Å². The molecule has 0 aliphatic heterocycles. The molecule has 12 heavy (non-hydrogen) atoms. The minimum atomic E-state index is -0.332. The number of esters is 1. The molecular formula is C9H18NO2+. The Morgan fingerprint density at radius 1 is 1.50 bits per heavy atom. The number of hydrogen-bond donors (Lipinski definition) is 1. The Bertz CT molecular complexity index is 141. The molecule has 0 spiro atoms. The van der Waals surface area contributed by atoms with E-state index >= 15 is 0 Å². The third kappa shape index (κ3) is 4.91. The van der Waals surface area contributed by atoms with Crippen LogP contribution in [-0.2, 0) is 9.53 Å². The van der Waals surface area contributed by atoms with Crippen LogP contribution in [0.5, 0.6) is 0 Å². The molecule has 0 heterocycles. The van der Waals surface area contributed by atoms with Crippen LogP contribution in [0, 0.1) is 0 Å². The van der Waals surface area contributed by atoms with Crippen LogP contribution in [0.3, 0.4) is 0 Å². The van der Waals surface area contributed by atoms with Crippen LogP contribution < -0.4 is 4.90 Å². The van der Waals surface area contributed by atoms with Crippen LogP contribution in [0.4, 0.5) is 0 Å². The number of likely N-dealkylation sites (N-methyl/N-ethyl adjacent to an activating group) is 1. The molecule has 0 fully saturated rings. The van der Waals surface area contributed by atoms with Crippen molar-refractivity contribution in [1.82, 2.24) is 0 Å². The average Bonchev–Trinajstić information content (AvgIpc) is 2.12. The van der Waals surface area contributed by atoms with Crippen LogP contribution in [0.2, 0.25) is 0 Å². The van der Waals surface area contributed by atoms with Gasteiger partial charge in [-0.25, -0.2) is 4.79 Å². The molecule has 0 atom stereocenters. The Morgan fingerprint density at radius 2 is 2.08 bits per heavy atom. The molecule has 0 radical (unpaired) electrons. The van der Waals surface area contributed by atoms with Crippen LogP contribution in [0.1, 0.15) is 13.8 Å². The third-order valence-corrected chi connectivity index (χ3v) is 1.87. The zero-order valence-electron chi connectivity index (χ0n) is 7.93. The molecule has 0 unspecified atom stereocenters. The largest absolute Gasteiger partial charge is 0.457 e. The van der Waals surface area contributed by atoms with Gasteiger partial charge in [0.25, 0.3) is 0 Å². The fourth-order valence-electron chi connectivity index (χ4n) is 0.958. The minimum absolute atomic E-state index is 0.332. The first-order valence-electron chi connectivity index (χ1n) is 4.37. The van der Waals surface area contributed by atoms with Gasteiger partial charge in [-0.1, -0.05) is 6.58 Å². The highest BCUT2D eigenvalue weighted by atomic mass is 16.5. The Labute approximate surface area is 74.0 Å². The summed E-state index contributed by atoms with van der Waals surface area (Å²) in [6.07, 6.45) is 1.19. The van der Waals surface area contributed by atoms with Crippen molar-refractivity contribution in [2.75, 3.05) is 26.2 Å². The number of carbonyl (C=O) groups excluding carboxylic acids is 1. The van der Waals surface area contributed by atoms with E-state index < -0.39 is 0 Å². The summed E-state index contributed by atoms with van der Waals surface area (Å²) in [6.45, 7) is 11.1. The van der Waals surface area contributed by atoms with Gasteiger partial charge in [0.15, 0.2) is 0 Å². The van der Waals surface area contributed by atoms with Crippen LogP contribution in [-0.4, -0.2) is 32.2 Å². The van der Waals surface area contributed by atoms with E-state index in [0.717, 1.165) is 19.6 Å². The highest BCUT2D eigenvalue weighted by Crippen LogP contribution is 1.75. The van der Waals surface area contributed by atoms with Gasteiger partial charge in [0, 0.05) is 6.08 Å². The topological polar surface area (TPSA) is 30.7 Å². The summed E-state index contributed by atoms with van der Waals surface area (Å²) < 4.78 is 4.85. The van der Waals surface area contributed by atoms with Crippen molar-refractivity contribution in [1.29, 1.82) is 0 Å². The summed E-state index contributed by atoms with van der Waals surface area (Å²) >= 11 is 0. The standard InChI is InChI=1S/C9H17NO2/c1-4-9(11)12-8-7-10(5-2)6-3/h4H,1,5-8H2,2-3H3/p+1. The van der Waals surface area contributed by atoms with E-state index in [9.17, 15) is 4.79 Å². The molecule has 0 saturated carbocycles. The lowest BCUT2D eigenvalue weighted by molar-refractivity contribution is -0.896. The highest BCUT2D eigenvalue weighted by molar-refractivity contribution is 5.81. The number of rotatable bonds is 6. The van der Waals surface area contributed by atoms with E-state index in [1.165, 1.54) is 11.0 Å². The Morgan fingerprint density at radius 3 is 2.50 bits per heavy atom. The number of ether oxygens (including phenoxy) is 1. The molecule has 0 rings (SSSR count). The number of nitrogens with one attached hydrogen (secondary N) is 1. The van der Waals surface area contributed by atoms with Crippen molar-refractivity contribution >= 4 is 5.97 Å². The maximum atomic E-state index is 10.6. The summed E-state index contributed by atoms with van der Waals surface area (Å²) in [5.41, 5.74) is 0. The van der Waals surface area contributed by atoms with Gasteiger partial charge in [-0.2, -0.15) is 0 Å². The van der Waals surface area contributed by atoms with Crippen molar-refractivity contribution in [3.05, 3.63) is 12.7 Å². The summed E-state index contributed by atoms with van der Waals surface area (Å²) in [4.78, 5) is 12.1. The molecule has 3 nitrogen and oxygen atoms in total. The van der Waals surface area contributed by atoms with Crippen molar-refractivity contribution in [3.63, 3.8) is 0 Å². The predicted molar refractivity (Wildman–Crippen MR) is 48.1 cm³/mol. The molecule has 3 heteroatoms. The monoisotopic (exact) mass is 172 g/mol. The summed E-state index contributed by atoms with van der Waals surface area (Å²) in [5.74, 6) is -0.332. The predicted octanol–water partition coefficient (Wildman–Crippen LogP) is -0.360. The van der Waals surface area contributed by atoms with Gasteiger partial charge < -0.3 is 9.64 Å². The SMILES string of the molecule is C=CC(=O)OCC[NH+](CC)CC. The molecular weight excluding hydrogens is 154 g/mol. The number of carbonyl (C=O) groups is 1. The van der Waals surface area contributed by atoms with Crippen LogP contribution >= 0.6 is 0 Å². The molecule has 0 aliphatic carbocycles. The first kappa shape index (κ1) is 11.2. The highest BCUT2D eigenvalue weighted by Gasteiger charge is 2.02. The third-order valence-electron chi connectivity index (χ3n) is 1.87. The van der Waals surface area contributed by atoms with Gasteiger partial charge >= 0.3 is 5.97 Å². The molecule has 0 aromatic rings. The zero-order chi connectivity index (χ0) is 9.40. The normalized spacial score (nSPS) is 9.92. The lowest BCUT2D eigenvalue weighted by Gasteiger charge is -2.14. The Hall–Kier alpha value is -0.830. The summed E-state index contributed by atoms with van der Waals surface area (Å²) in [7, 11) is 0. The number of hydrogen-bond acceptors (Lipinski definition) is 2. The first-order chi connectivity index (χ1) is 5.74. The van der Waals surface area contributed by atoms with Crippen molar-refractivity contribution in [3.8, 4) is 0 Å². The van der Waals surface area contributed by atoms with Gasteiger partial charge in [0.2, 0.25) is 0 Å². The average molecular weight is 172 g/mol. The number of quaternary nitrogens is 1. The molecule has 0 aliphatic rings. The van der Waals surface area contributed by atoms with Gasteiger partial charge in [0.1, 0.15) is 13.2 Å². The molecule has 0 amide bonds. The summed E-state index contributed by atoms with van der Waals surface area (Å²) in [5, 5.41) is 0. The van der Waals surface area contributed by atoms with Gasteiger partial charge in [0.05, 0.1) is 13.1 Å². The van der Waals surface area contributed by atoms with Crippen molar-refractivity contribution in [2.45, 2.75) is 13.8 Å². The van der Waals surface area contributed by atoms with Gasteiger partial charge in [-0.3, -0.25) is 0 Å². The quantitative estimate of drug-likeness (QED) is 0.438. The van der Waals surface area contributed by atoms with E-state index in [1.54, 1.807) is 0 Å². The molecule has 0 aromatic heterocycles. The first-order valence-corrected chi connectivity index (χ1v) is 4.37.